The summed E-state index contributed by atoms with van der Waals surface area (Å²) in [5.41, 5.74) is 0.626. The van der Waals surface area contributed by atoms with Crippen molar-refractivity contribution in [1.82, 2.24) is 10.2 Å². The van der Waals surface area contributed by atoms with Crippen LogP contribution in [0.4, 0.5) is 0 Å². The number of carbonyl (C=O) groups excluding carboxylic acids is 2. The van der Waals surface area contributed by atoms with Gasteiger partial charge in [0.25, 0.3) is 5.91 Å². The van der Waals surface area contributed by atoms with E-state index in [1.54, 1.807) is 17.0 Å². The molecule has 1 saturated heterocycles. The van der Waals surface area contributed by atoms with Crippen molar-refractivity contribution in [1.29, 1.82) is 0 Å². The van der Waals surface area contributed by atoms with E-state index in [9.17, 15) is 9.59 Å². The van der Waals surface area contributed by atoms with Crippen LogP contribution in [0.25, 0.3) is 0 Å². The first-order valence-electron chi connectivity index (χ1n) is 8.38. The Morgan fingerprint density at radius 3 is 2.74 bits per heavy atom. The minimum Gasteiger partial charge on any atom is -0.396 e. The number of hydrogen-bond donors (Lipinski definition) is 2. The van der Waals surface area contributed by atoms with E-state index in [0.29, 0.717) is 31.5 Å². The van der Waals surface area contributed by atoms with Gasteiger partial charge in [-0.1, -0.05) is 25.1 Å². The number of aliphatic hydroxyl groups excluding tert-OH is 1. The molecule has 0 spiro atoms. The van der Waals surface area contributed by atoms with Crippen LogP contribution in [-0.4, -0.2) is 47.6 Å². The van der Waals surface area contributed by atoms with Crippen LogP contribution in [0.2, 0.25) is 0 Å². The van der Waals surface area contributed by atoms with Crippen LogP contribution in [0, 0.1) is 5.92 Å². The van der Waals surface area contributed by atoms with Crippen molar-refractivity contribution >= 4 is 11.8 Å². The molecule has 0 aliphatic carbocycles. The highest BCUT2D eigenvalue weighted by atomic mass is 16.3. The Bertz CT molecular complexity index is 518. The van der Waals surface area contributed by atoms with E-state index in [1.165, 1.54) is 0 Å². The van der Waals surface area contributed by atoms with E-state index >= 15 is 0 Å². The highest BCUT2D eigenvalue weighted by Crippen LogP contribution is 2.20. The zero-order valence-corrected chi connectivity index (χ0v) is 13.7. The van der Waals surface area contributed by atoms with Gasteiger partial charge in [-0.3, -0.25) is 9.59 Å². The molecule has 1 aromatic carbocycles. The average Bonchev–Trinajstić information content (AvgIpc) is 2.60. The Balaban J connectivity index is 2.00. The molecule has 1 aliphatic rings. The van der Waals surface area contributed by atoms with Gasteiger partial charge < -0.3 is 15.3 Å². The third-order valence-corrected chi connectivity index (χ3v) is 4.33. The lowest BCUT2D eigenvalue weighted by Gasteiger charge is -2.35. The number of hydrogen-bond acceptors (Lipinski definition) is 3. The van der Waals surface area contributed by atoms with E-state index in [1.807, 2.05) is 25.1 Å². The number of benzene rings is 1. The fraction of sp³-hybridized carbons (Fsp3) is 0.556. The molecule has 1 fully saturated rings. The van der Waals surface area contributed by atoms with Gasteiger partial charge in [0.05, 0.1) is 0 Å². The van der Waals surface area contributed by atoms with Crippen LogP contribution in [0.1, 0.15) is 43.0 Å². The molecule has 2 atom stereocenters. The number of nitrogens with zero attached hydrogens (tertiary/aromatic N) is 1. The molecule has 1 heterocycles. The van der Waals surface area contributed by atoms with Gasteiger partial charge in [0.2, 0.25) is 5.91 Å². The summed E-state index contributed by atoms with van der Waals surface area (Å²) in [5.74, 6) is 0.0680. The van der Waals surface area contributed by atoms with Crippen LogP contribution >= 0.6 is 0 Å². The lowest BCUT2D eigenvalue weighted by Crippen LogP contribution is -2.52. The second-order valence-corrected chi connectivity index (χ2v) is 6.24. The normalized spacial score (nSPS) is 19.2. The molecule has 0 aromatic heterocycles. The predicted octanol–water partition coefficient (Wildman–Crippen LogP) is 1.82. The fourth-order valence-electron chi connectivity index (χ4n) is 2.91. The SMILES string of the molecule is CC(CCO)CNC(=O)C1CCCCN1C(=O)c1ccccc1. The molecule has 5 heteroatoms. The molecule has 0 bridgehead atoms. The van der Waals surface area contributed by atoms with Crippen molar-refractivity contribution in [3.8, 4) is 0 Å². The number of aliphatic hydroxyl groups is 1. The van der Waals surface area contributed by atoms with E-state index in [2.05, 4.69) is 5.32 Å². The molecule has 2 rings (SSSR count). The van der Waals surface area contributed by atoms with Crippen LogP contribution in [0.5, 0.6) is 0 Å². The Morgan fingerprint density at radius 1 is 1.30 bits per heavy atom. The van der Waals surface area contributed by atoms with Crippen molar-refractivity contribution in [2.45, 2.75) is 38.6 Å². The molecule has 126 valence electrons. The molecule has 2 amide bonds. The molecule has 1 aliphatic heterocycles. The van der Waals surface area contributed by atoms with Gasteiger partial charge in [-0.25, -0.2) is 0 Å². The van der Waals surface area contributed by atoms with Crippen LogP contribution in [0.3, 0.4) is 0 Å². The van der Waals surface area contributed by atoms with Crippen LogP contribution in [0.15, 0.2) is 30.3 Å². The maximum absolute atomic E-state index is 12.7. The van der Waals surface area contributed by atoms with Gasteiger partial charge in [0.15, 0.2) is 0 Å². The lowest BCUT2D eigenvalue weighted by atomic mass is 9.99. The van der Waals surface area contributed by atoms with Crippen molar-refractivity contribution in [3.63, 3.8) is 0 Å². The molecule has 1 aromatic rings. The molecular formula is C18H26N2O3. The van der Waals surface area contributed by atoms with Crippen molar-refractivity contribution in [2.75, 3.05) is 19.7 Å². The van der Waals surface area contributed by atoms with Gasteiger partial charge in [0.1, 0.15) is 6.04 Å². The first-order valence-corrected chi connectivity index (χ1v) is 8.38. The summed E-state index contributed by atoms with van der Waals surface area (Å²) in [6.45, 7) is 3.27. The number of nitrogens with one attached hydrogen (secondary N) is 1. The molecule has 0 saturated carbocycles. The number of rotatable bonds is 6. The number of carbonyl (C=O) groups is 2. The molecule has 0 radical (unpaired) electrons. The van der Waals surface area contributed by atoms with E-state index < -0.39 is 6.04 Å². The third-order valence-electron chi connectivity index (χ3n) is 4.33. The van der Waals surface area contributed by atoms with Gasteiger partial charge in [-0.2, -0.15) is 0 Å². The van der Waals surface area contributed by atoms with Crippen LogP contribution in [-0.2, 0) is 4.79 Å². The van der Waals surface area contributed by atoms with Gasteiger partial charge in [0, 0.05) is 25.3 Å². The predicted molar refractivity (Wildman–Crippen MR) is 89.0 cm³/mol. The second-order valence-electron chi connectivity index (χ2n) is 6.24. The Morgan fingerprint density at radius 2 is 2.04 bits per heavy atom. The highest BCUT2D eigenvalue weighted by Gasteiger charge is 2.32. The quantitative estimate of drug-likeness (QED) is 0.840. The summed E-state index contributed by atoms with van der Waals surface area (Å²) >= 11 is 0. The van der Waals surface area contributed by atoms with Crippen LogP contribution < -0.4 is 5.32 Å². The van der Waals surface area contributed by atoms with E-state index in [0.717, 1.165) is 12.8 Å². The number of amides is 2. The summed E-state index contributed by atoms with van der Waals surface area (Å²) in [5, 5.41) is 11.9. The Kier molecular flexibility index (Phi) is 6.59. The molecule has 2 N–H and O–H groups in total. The smallest absolute Gasteiger partial charge is 0.254 e. The van der Waals surface area contributed by atoms with Gasteiger partial charge in [-0.05, 0) is 43.7 Å². The highest BCUT2D eigenvalue weighted by molar-refractivity contribution is 5.97. The zero-order chi connectivity index (χ0) is 16.7. The summed E-state index contributed by atoms with van der Waals surface area (Å²) < 4.78 is 0. The Hall–Kier alpha value is -1.88. The number of piperidine rings is 1. The van der Waals surface area contributed by atoms with E-state index in [-0.39, 0.29) is 24.3 Å². The first kappa shape index (κ1) is 17.5. The maximum Gasteiger partial charge on any atom is 0.254 e. The molecule has 2 unspecified atom stereocenters. The maximum atomic E-state index is 12.7. The van der Waals surface area contributed by atoms with Gasteiger partial charge >= 0.3 is 0 Å². The molecular weight excluding hydrogens is 292 g/mol. The summed E-state index contributed by atoms with van der Waals surface area (Å²) in [6, 6.07) is 8.73. The average molecular weight is 318 g/mol. The minimum absolute atomic E-state index is 0.0751. The topological polar surface area (TPSA) is 69.6 Å². The summed E-state index contributed by atoms with van der Waals surface area (Å²) in [6.07, 6.45) is 3.27. The monoisotopic (exact) mass is 318 g/mol. The summed E-state index contributed by atoms with van der Waals surface area (Å²) in [7, 11) is 0. The van der Waals surface area contributed by atoms with Crippen molar-refractivity contribution < 1.29 is 14.7 Å². The molecule has 23 heavy (non-hydrogen) atoms. The molecule has 5 nitrogen and oxygen atoms in total. The zero-order valence-electron chi connectivity index (χ0n) is 13.7. The first-order chi connectivity index (χ1) is 11.1. The Labute approximate surface area is 137 Å². The largest absolute Gasteiger partial charge is 0.396 e. The standard InChI is InChI=1S/C18H26N2O3/c1-14(10-12-21)13-19-17(22)16-9-5-6-11-20(16)18(23)15-7-3-2-4-8-15/h2-4,7-8,14,16,21H,5-6,9-13H2,1H3,(H,19,22). The van der Waals surface area contributed by atoms with Gasteiger partial charge in [-0.15, -0.1) is 0 Å². The third kappa shape index (κ3) is 4.79. The fourth-order valence-corrected chi connectivity index (χ4v) is 2.91. The second kappa shape index (κ2) is 8.67. The van der Waals surface area contributed by atoms with Crippen molar-refractivity contribution in [3.05, 3.63) is 35.9 Å². The lowest BCUT2D eigenvalue weighted by molar-refractivity contribution is -0.126. The minimum atomic E-state index is -0.391. The van der Waals surface area contributed by atoms with Crippen molar-refractivity contribution in [2.24, 2.45) is 5.92 Å². The number of likely N-dealkylation sites (tertiary alicyclic amines) is 1. The van der Waals surface area contributed by atoms with E-state index in [4.69, 9.17) is 5.11 Å². The summed E-state index contributed by atoms with van der Waals surface area (Å²) in [4.78, 5) is 26.9.